The highest BCUT2D eigenvalue weighted by Crippen LogP contribution is 2.43. The summed E-state index contributed by atoms with van der Waals surface area (Å²) in [4.78, 5) is 48.5. The van der Waals surface area contributed by atoms with Crippen LogP contribution in [0.5, 0.6) is 0 Å². The minimum absolute atomic E-state index is 0.0732. The molecule has 0 aliphatic heterocycles. The third-order valence-corrected chi connectivity index (χ3v) is 11.7. The minimum Gasteiger partial charge on any atom is -0.462 e. The molecule has 0 rings (SSSR count). The van der Waals surface area contributed by atoms with E-state index in [1.165, 1.54) is 0 Å². The predicted octanol–water partition coefficient (Wildman–Crippen LogP) is 16.4. The Balaban J connectivity index is 4.91. The standard InChI is InChI=1S/C62H97O11P/c1-4-7-10-13-16-19-22-25-28-29-32-35-38-41-44-47-50-53-62(66)73-59(55-69-60(64)51-48-45-42-39-36-33-30-26-23-20-17-14-11-8-5-2)57-71-74(67,68)70-56-58(54-63)72-61(65)52-49-46-43-40-37-34-31-27-24-21-18-15-12-9-6-3/h7-12,16-21,25-28,30-32,35,37,40-41,44,58-59,63H,4-6,13-15,22-24,29,33-34,36,38-39,42-43,45-57H2,1-3H3,(H,67,68)/b10-7-,11-8-,12-9-,19-16-,20-17-,21-18-,28-25-,30-26-,31-27-,35-32-,40-37-,44-41-. The largest absolute Gasteiger partial charge is 0.472 e. The van der Waals surface area contributed by atoms with Gasteiger partial charge in [0, 0.05) is 19.3 Å². The molecule has 2 N–H and O–H groups in total. The molecule has 0 aromatic rings. The second-order valence-electron chi connectivity index (χ2n) is 17.6. The van der Waals surface area contributed by atoms with Crippen molar-refractivity contribution >= 4 is 25.7 Å². The van der Waals surface area contributed by atoms with Crippen molar-refractivity contribution in [1.82, 2.24) is 0 Å². The number of carbonyl (C=O) groups excluding carboxylic acids is 3. The van der Waals surface area contributed by atoms with E-state index < -0.39 is 57.8 Å². The molecule has 0 bridgehead atoms. The van der Waals surface area contributed by atoms with E-state index in [2.05, 4.69) is 154 Å². The molecule has 416 valence electrons. The quantitative estimate of drug-likeness (QED) is 0.0197. The van der Waals surface area contributed by atoms with Gasteiger partial charge >= 0.3 is 25.7 Å². The maximum Gasteiger partial charge on any atom is 0.472 e. The van der Waals surface area contributed by atoms with Gasteiger partial charge in [0.1, 0.15) is 12.7 Å². The summed E-state index contributed by atoms with van der Waals surface area (Å²) >= 11 is 0. The van der Waals surface area contributed by atoms with Crippen molar-refractivity contribution in [3.8, 4) is 0 Å². The van der Waals surface area contributed by atoms with E-state index in [1.54, 1.807) is 0 Å². The summed E-state index contributed by atoms with van der Waals surface area (Å²) in [7, 11) is -4.79. The Labute approximate surface area is 448 Å². The van der Waals surface area contributed by atoms with Crippen molar-refractivity contribution in [3.05, 3.63) is 146 Å². The van der Waals surface area contributed by atoms with Crippen molar-refractivity contribution in [3.63, 3.8) is 0 Å². The van der Waals surface area contributed by atoms with Gasteiger partial charge in [-0.05, 0) is 128 Å². The van der Waals surface area contributed by atoms with Crippen molar-refractivity contribution < 1.29 is 52.2 Å². The molecule has 0 aliphatic carbocycles. The molecular weight excluding hydrogens is 952 g/mol. The smallest absolute Gasteiger partial charge is 0.462 e. The fourth-order valence-electron chi connectivity index (χ4n) is 6.63. The zero-order chi connectivity index (χ0) is 54.1. The number of unbranched alkanes of at least 4 members (excludes halogenated alkanes) is 8. The predicted molar refractivity (Wildman–Crippen MR) is 306 cm³/mol. The average molecular weight is 1050 g/mol. The lowest BCUT2D eigenvalue weighted by atomic mass is 10.1. The Morgan fingerprint density at radius 1 is 0.378 bits per heavy atom. The molecule has 0 saturated heterocycles. The second kappa shape index (κ2) is 54.6. The van der Waals surface area contributed by atoms with Crippen LogP contribution in [-0.4, -0.2) is 66.5 Å². The number of hydrogen-bond acceptors (Lipinski definition) is 10. The van der Waals surface area contributed by atoms with E-state index in [0.717, 1.165) is 122 Å². The number of hydrogen-bond donors (Lipinski definition) is 2. The van der Waals surface area contributed by atoms with Gasteiger partial charge in [-0.15, -0.1) is 0 Å². The molecule has 12 heteroatoms. The summed E-state index contributed by atoms with van der Waals surface area (Å²) < 4.78 is 39.4. The summed E-state index contributed by atoms with van der Waals surface area (Å²) in [6.45, 7) is 4.14. The maximum atomic E-state index is 12.9. The maximum absolute atomic E-state index is 12.9. The van der Waals surface area contributed by atoms with Gasteiger partial charge in [0.15, 0.2) is 6.10 Å². The van der Waals surface area contributed by atoms with E-state index in [9.17, 15) is 28.9 Å². The van der Waals surface area contributed by atoms with Crippen LogP contribution in [0, 0.1) is 0 Å². The number of rotatable bonds is 49. The van der Waals surface area contributed by atoms with Crippen molar-refractivity contribution in [2.24, 2.45) is 0 Å². The monoisotopic (exact) mass is 1050 g/mol. The normalized spacial score (nSPS) is 14.5. The van der Waals surface area contributed by atoms with E-state index in [0.29, 0.717) is 25.7 Å². The number of ether oxygens (including phenoxy) is 3. The summed E-state index contributed by atoms with van der Waals surface area (Å²) in [6, 6.07) is 0. The third-order valence-electron chi connectivity index (χ3n) is 10.7. The first kappa shape index (κ1) is 69.4. The molecular formula is C62H97O11P. The molecule has 0 aromatic carbocycles. The number of aliphatic hydroxyl groups excluding tert-OH is 1. The molecule has 0 aromatic heterocycles. The van der Waals surface area contributed by atoms with Crippen LogP contribution in [0.2, 0.25) is 0 Å². The molecule has 3 unspecified atom stereocenters. The van der Waals surface area contributed by atoms with Crippen LogP contribution < -0.4 is 0 Å². The number of phosphoric acid groups is 1. The van der Waals surface area contributed by atoms with Gasteiger partial charge in [0.05, 0.1) is 19.8 Å². The van der Waals surface area contributed by atoms with Crippen LogP contribution in [0.25, 0.3) is 0 Å². The molecule has 0 amide bonds. The number of carbonyl (C=O) groups is 3. The van der Waals surface area contributed by atoms with Crippen molar-refractivity contribution in [2.75, 3.05) is 26.4 Å². The Morgan fingerprint density at radius 2 is 0.676 bits per heavy atom. The van der Waals surface area contributed by atoms with Gasteiger partial charge in [0.25, 0.3) is 0 Å². The lowest BCUT2D eigenvalue weighted by Gasteiger charge is -2.21. The van der Waals surface area contributed by atoms with Gasteiger partial charge in [-0.2, -0.15) is 0 Å². The van der Waals surface area contributed by atoms with E-state index >= 15 is 0 Å². The summed E-state index contributed by atoms with van der Waals surface area (Å²) in [5.41, 5.74) is 0. The lowest BCUT2D eigenvalue weighted by Crippen LogP contribution is -2.30. The Morgan fingerprint density at radius 3 is 1.09 bits per heavy atom. The van der Waals surface area contributed by atoms with E-state index in [4.69, 9.17) is 23.3 Å². The first-order valence-electron chi connectivity index (χ1n) is 27.7. The fourth-order valence-corrected chi connectivity index (χ4v) is 7.41. The molecule has 0 heterocycles. The molecule has 0 fully saturated rings. The van der Waals surface area contributed by atoms with Gasteiger partial charge in [-0.3, -0.25) is 23.4 Å². The fraction of sp³-hybridized carbons (Fsp3) is 0.565. The van der Waals surface area contributed by atoms with Crippen LogP contribution in [0.1, 0.15) is 188 Å². The SMILES string of the molecule is CC/C=C\C/C=C\C/C=C\C/C=C\C/C=C\CCCC(=O)OC(COC(=O)CCCCCCC/C=C\C/C=C\C/C=C\CC)COP(=O)(O)OCC(CO)OC(=O)CCCC/C=C\C/C=C\C/C=C\C/C=C\CC. The molecule has 0 aliphatic rings. The molecule has 3 atom stereocenters. The van der Waals surface area contributed by atoms with Gasteiger partial charge in [-0.1, -0.05) is 186 Å². The van der Waals surface area contributed by atoms with Crippen LogP contribution in [-0.2, 0) is 42.2 Å². The molecule has 11 nitrogen and oxygen atoms in total. The Kier molecular flexibility index (Phi) is 51.2. The zero-order valence-electron chi connectivity index (χ0n) is 45.7. The number of phosphoric ester groups is 1. The van der Waals surface area contributed by atoms with Crippen LogP contribution in [0.3, 0.4) is 0 Å². The Hall–Kier alpha value is -4.64. The minimum atomic E-state index is -4.79. The van der Waals surface area contributed by atoms with Gasteiger partial charge in [-0.25, -0.2) is 4.57 Å². The van der Waals surface area contributed by atoms with Crippen LogP contribution in [0.4, 0.5) is 0 Å². The zero-order valence-corrected chi connectivity index (χ0v) is 46.6. The second-order valence-corrected chi connectivity index (χ2v) is 19.1. The first-order chi connectivity index (χ1) is 36.2. The highest BCUT2D eigenvalue weighted by atomic mass is 31.2. The number of allylic oxidation sites excluding steroid dienone is 24. The summed E-state index contributed by atoms with van der Waals surface area (Å²) in [6.07, 6.45) is 69.6. The van der Waals surface area contributed by atoms with E-state index in [1.807, 2.05) is 12.2 Å². The topological polar surface area (TPSA) is 155 Å². The van der Waals surface area contributed by atoms with Crippen molar-refractivity contribution in [1.29, 1.82) is 0 Å². The molecule has 0 saturated carbocycles. The van der Waals surface area contributed by atoms with Crippen LogP contribution >= 0.6 is 7.82 Å². The molecule has 0 spiro atoms. The summed E-state index contributed by atoms with van der Waals surface area (Å²) in [5, 5.41) is 9.80. The number of aliphatic hydroxyl groups is 1. The van der Waals surface area contributed by atoms with Crippen molar-refractivity contribution in [2.45, 2.75) is 200 Å². The highest BCUT2D eigenvalue weighted by Gasteiger charge is 2.28. The van der Waals surface area contributed by atoms with Crippen LogP contribution in [0.15, 0.2) is 146 Å². The Bertz CT molecular complexity index is 1800. The molecule has 0 radical (unpaired) electrons. The average Bonchev–Trinajstić information content (AvgIpc) is 3.39. The van der Waals surface area contributed by atoms with Gasteiger partial charge in [0.2, 0.25) is 0 Å². The first-order valence-corrected chi connectivity index (χ1v) is 29.2. The lowest BCUT2D eigenvalue weighted by molar-refractivity contribution is -0.161. The van der Waals surface area contributed by atoms with Gasteiger partial charge < -0.3 is 24.2 Å². The number of esters is 3. The highest BCUT2D eigenvalue weighted by molar-refractivity contribution is 7.47. The van der Waals surface area contributed by atoms with E-state index in [-0.39, 0.29) is 25.9 Å². The molecule has 74 heavy (non-hydrogen) atoms. The third kappa shape index (κ3) is 52.2. The summed E-state index contributed by atoms with van der Waals surface area (Å²) in [5.74, 6) is -1.62.